The normalized spacial score (nSPS) is 16.2. The maximum absolute atomic E-state index is 12.4. The van der Waals surface area contributed by atoms with E-state index in [-0.39, 0.29) is 11.8 Å². The number of nitrogens with one attached hydrogen (secondary N) is 4. The Morgan fingerprint density at radius 3 is 3.14 bits per heavy atom. The van der Waals surface area contributed by atoms with Gasteiger partial charge in [-0.2, -0.15) is 5.10 Å². The number of carbonyl (C=O) groups excluding carboxylic acids is 1. The van der Waals surface area contributed by atoms with Gasteiger partial charge in [0.05, 0.1) is 17.1 Å². The zero-order valence-electron chi connectivity index (χ0n) is 15.5. The highest BCUT2D eigenvalue weighted by molar-refractivity contribution is 5.95. The van der Waals surface area contributed by atoms with Crippen LogP contribution in [0, 0.1) is 5.92 Å². The summed E-state index contributed by atoms with van der Waals surface area (Å²) in [5.41, 5.74) is 5.03. The summed E-state index contributed by atoms with van der Waals surface area (Å²) in [5.74, 6) is 0.864. The lowest BCUT2D eigenvalue weighted by Gasteiger charge is -2.21. The van der Waals surface area contributed by atoms with Crippen molar-refractivity contribution in [3.63, 3.8) is 0 Å². The van der Waals surface area contributed by atoms with E-state index in [0.717, 1.165) is 57.5 Å². The minimum atomic E-state index is -0.0122. The number of aryl methyl sites for hydroxylation is 1. The summed E-state index contributed by atoms with van der Waals surface area (Å²) in [6, 6.07) is 6.01. The number of rotatable bonds is 4. The van der Waals surface area contributed by atoms with Crippen molar-refractivity contribution in [3.8, 4) is 0 Å². The number of aromatic amines is 2. The molecule has 0 spiro atoms. The van der Waals surface area contributed by atoms with Gasteiger partial charge < -0.3 is 15.6 Å². The van der Waals surface area contributed by atoms with Gasteiger partial charge in [0.2, 0.25) is 5.91 Å². The smallest absolute Gasteiger partial charge is 0.223 e. The molecule has 0 saturated carbocycles. The SMILES string of the molecule is CCNC(=O)C1CCc2[nH]c3ncnc(Nc4ccc5[nH]ncc5c4)c3c2C1. The number of H-pyrrole nitrogens is 2. The predicted molar refractivity (Wildman–Crippen MR) is 107 cm³/mol. The highest BCUT2D eigenvalue weighted by Crippen LogP contribution is 2.35. The second kappa shape index (κ2) is 6.63. The second-order valence-corrected chi connectivity index (χ2v) is 7.16. The van der Waals surface area contributed by atoms with E-state index in [1.807, 2.05) is 25.1 Å². The molecule has 1 unspecified atom stereocenters. The Kier molecular flexibility index (Phi) is 3.96. The molecule has 0 saturated heterocycles. The van der Waals surface area contributed by atoms with E-state index in [9.17, 15) is 4.79 Å². The average molecular weight is 375 g/mol. The van der Waals surface area contributed by atoms with Crippen LogP contribution in [0.1, 0.15) is 24.6 Å². The summed E-state index contributed by atoms with van der Waals surface area (Å²) in [7, 11) is 0. The van der Waals surface area contributed by atoms with Crippen LogP contribution in [-0.2, 0) is 17.6 Å². The number of benzene rings is 1. The van der Waals surface area contributed by atoms with Crippen LogP contribution >= 0.6 is 0 Å². The number of hydrogen-bond acceptors (Lipinski definition) is 5. The molecule has 8 heteroatoms. The van der Waals surface area contributed by atoms with Crippen molar-refractivity contribution in [2.75, 3.05) is 11.9 Å². The van der Waals surface area contributed by atoms with Crippen LogP contribution in [0.4, 0.5) is 11.5 Å². The van der Waals surface area contributed by atoms with Crippen LogP contribution < -0.4 is 10.6 Å². The fourth-order valence-corrected chi connectivity index (χ4v) is 4.04. The molecule has 3 heterocycles. The molecule has 0 radical (unpaired) electrons. The largest absolute Gasteiger partial charge is 0.356 e. The molecule has 8 nitrogen and oxygen atoms in total. The van der Waals surface area contributed by atoms with Crippen LogP contribution in [0.2, 0.25) is 0 Å². The number of amides is 1. The molecule has 142 valence electrons. The molecule has 0 aliphatic heterocycles. The quantitative estimate of drug-likeness (QED) is 0.438. The number of hydrogen-bond donors (Lipinski definition) is 4. The molecular formula is C20H21N7O. The minimum Gasteiger partial charge on any atom is -0.356 e. The fraction of sp³-hybridized carbons (Fsp3) is 0.300. The van der Waals surface area contributed by atoms with E-state index >= 15 is 0 Å². The Bertz CT molecular complexity index is 1180. The van der Waals surface area contributed by atoms with Gasteiger partial charge in [0.15, 0.2) is 0 Å². The van der Waals surface area contributed by atoms with Gasteiger partial charge in [0, 0.05) is 29.2 Å². The lowest BCUT2D eigenvalue weighted by Crippen LogP contribution is -2.33. The topological polar surface area (TPSA) is 111 Å². The summed E-state index contributed by atoms with van der Waals surface area (Å²) < 4.78 is 0. The Balaban J connectivity index is 1.53. The van der Waals surface area contributed by atoms with Crippen LogP contribution in [0.15, 0.2) is 30.7 Å². The van der Waals surface area contributed by atoms with Crippen LogP contribution in [0.3, 0.4) is 0 Å². The average Bonchev–Trinajstić information content (AvgIpc) is 3.31. The van der Waals surface area contributed by atoms with E-state index in [4.69, 9.17) is 0 Å². The van der Waals surface area contributed by atoms with E-state index in [2.05, 4.69) is 35.8 Å². The fourth-order valence-electron chi connectivity index (χ4n) is 4.04. The van der Waals surface area contributed by atoms with Crippen molar-refractivity contribution in [1.82, 2.24) is 30.5 Å². The van der Waals surface area contributed by atoms with Gasteiger partial charge >= 0.3 is 0 Å². The van der Waals surface area contributed by atoms with Gasteiger partial charge in [0.25, 0.3) is 0 Å². The summed E-state index contributed by atoms with van der Waals surface area (Å²) in [6.45, 7) is 2.60. The Labute approximate surface area is 161 Å². The van der Waals surface area contributed by atoms with E-state index in [1.165, 1.54) is 0 Å². The van der Waals surface area contributed by atoms with Gasteiger partial charge in [-0.05, 0) is 49.9 Å². The van der Waals surface area contributed by atoms with Crippen molar-refractivity contribution >= 4 is 39.3 Å². The molecular weight excluding hydrogens is 354 g/mol. The first kappa shape index (κ1) is 16.7. The molecule has 1 amide bonds. The third-order valence-corrected chi connectivity index (χ3v) is 5.40. The number of nitrogens with zero attached hydrogens (tertiary/aromatic N) is 3. The molecule has 0 bridgehead atoms. The van der Waals surface area contributed by atoms with Crippen molar-refractivity contribution in [3.05, 3.63) is 42.0 Å². The van der Waals surface area contributed by atoms with Gasteiger partial charge in [0.1, 0.15) is 17.8 Å². The number of aromatic nitrogens is 5. The highest BCUT2D eigenvalue weighted by atomic mass is 16.1. The van der Waals surface area contributed by atoms with Crippen molar-refractivity contribution in [2.45, 2.75) is 26.2 Å². The molecule has 1 aromatic carbocycles. The van der Waals surface area contributed by atoms with Crippen molar-refractivity contribution in [1.29, 1.82) is 0 Å². The lowest BCUT2D eigenvalue weighted by molar-refractivity contribution is -0.125. The summed E-state index contributed by atoms with van der Waals surface area (Å²) >= 11 is 0. The third-order valence-electron chi connectivity index (χ3n) is 5.40. The highest BCUT2D eigenvalue weighted by Gasteiger charge is 2.28. The first-order chi connectivity index (χ1) is 13.7. The van der Waals surface area contributed by atoms with Gasteiger partial charge in [-0.25, -0.2) is 9.97 Å². The van der Waals surface area contributed by atoms with E-state index in [1.54, 1.807) is 12.5 Å². The summed E-state index contributed by atoms with van der Waals surface area (Å²) in [4.78, 5) is 24.7. The molecule has 1 aliphatic rings. The first-order valence-electron chi connectivity index (χ1n) is 9.55. The molecule has 0 fully saturated rings. The number of fused-ring (bicyclic) bond motifs is 4. The Morgan fingerprint density at radius 1 is 1.32 bits per heavy atom. The molecule has 1 aliphatic carbocycles. The van der Waals surface area contributed by atoms with Crippen molar-refractivity contribution in [2.24, 2.45) is 5.92 Å². The van der Waals surface area contributed by atoms with Gasteiger partial charge in [-0.3, -0.25) is 9.89 Å². The first-order valence-corrected chi connectivity index (χ1v) is 9.55. The third kappa shape index (κ3) is 2.77. The monoisotopic (exact) mass is 375 g/mol. The minimum absolute atomic E-state index is 0.0122. The predicted octanol–water partition coefficient (Wildman–Crippen LogP) is 2.82. The second-order valence-electron chi connectivity index (χ2n) is 7.16. The maximum Gasteiger partial charge on any atom is 0.223 e. The molecule has 5 rings (SSSR count). The molecule has 28 heavy (non-hydrogen) atoms. The summed E-state index contributed by atoms with van der Waals surface area (Å²) in [5, 5.41) is 15.4. The number of anilines is 2. The zero-order valence-corrected chi connectivity index (χ0v) is 15.5. The maximum atomic E-state index is 12.4. The molecule has 4 N–H and O–H groups in total. The Hall–Kier alpha value is -3.42. The molecule has 4 aromatic rings. The Morgan fingerprint density at radius 2 is 2.25 bits per heavy atom. The van der Waals surface area contributed by atoms with Gasteiger partial charge in [-0.1, -0.05) is 0 Å². The zero-order chi connectivity index (χ0) is 19.1. The molecule has 1 atom stereocenters. The lowest BCUT2D eigenvalue weighted by atomic mass is 9.86. The van der Waals surface area contributed by atoms with Gasteiger partial charge in [-0.15, -0.1) is 0 Å². The van der Waals surface area contributed by atoms with Crippen LogP contribution in [0.5, 0.6) is 0 Å². The van der Waals surface area contributed by atoms with Crippen LogP contribution in [0.25, 0.3) is 21.9 Å². The van der Waals surface area contributed by atoms with E-state index in [0.29, 0.717) is 13.0 Å². The summed E-state index contributed by atoms with van der Waals surface area (Å²) in [6.07, 6.45) is 5.74. The van der Waals surface area contributed by atoms with E-state index < -0.39 is 0 Å². The molecule has 3 aromatic heterocycles. The van der Waals surface area contributed by atoms with Crippen LogP contribution in [-0.4, -0.2) is 37.6 Å². The van der Waals surface area contributed by atoms with Crippen molar-refractivity contribution < 1.29 is 4.79 Å². The number of carbonyl (C=O) groups is 1. The standard InChI is InChI=1S/C20H21N7O/c1-2-21-20(28)11-3-5-16-14(8-11)17-18(22-10-23-19(17)26-16)25-13-4-6-15-12(7-13)9-24-27-15/h4,6-7,9-11H,2-3,5,8H2,1H3,(H,21,28)(H,24,27)(H2,22,23,25,26).